The van der Waals surface area contributed by atoms with Gasteiger partial charge in [0.2, 0.25) is 5.13 Å². The molecule has 1 atom stereocenters. The Morgan fingerprint density at radius 3 is 2.71 bits per heavy atom. The number of aliphatic carboxylic acids is 1. The molecule has 0 aliphatic rings. The van der Waals surface area contributed by atoms with Gasteiger partial charge in [-0.2, -0.15) is 0 Å². The van der Waals surface area contributed by atoms with Gasteiger partial charge in [-0.05, 0) is 12.3 Å². The van der Waals surface area contributed by atoms with E-state index in [0.29, 0.717) is 11.6 Å². The molecule has 0 saturated carbocycles. The number of amides is 2. The van der Waals surface area contributed by atoms with E-state index in [-0.39, 0.29) is 5.92 Å². The lowest BCUT2D eigenvalue weighted by Gasteiger charge is -2.16. The Labute approximate surface area is 102 Å². The molecule has 3 N–H and O–H groups in total. The van der Waals surface area contributed by atoms with Crippen LogP contribution < -0.4 is 10.6 Å². The van der Waals surface area contributed by atoms with Crippen molar-refractivity contribution < 1.29 is 14.7 Å². The fourth-order valence-electron chi connectivity index (χ4n) is 1.21. The number of nitrogens with one attached hydrogen (secondary N) is 2. The predicted octanol–water partition coefficient (Wildman–Crippen LogP) is 1.16. The summed E-state index contributed by atoms with van der Waals surface area (Å²) in [5.74, 6) is -0.871. The van der Waals surface area contributed by atoms with Gasteiger partial charge in [0, 0.05) is 0 Å². The molecule has 0 aliphatic carbocycles. The molecule has 0 aromatic carbocycles. The first-order valence-corrected chi connectivity index (χ1v) is 5.93. The summed E-state index contributed by atoms with van der Waals surface area (Å²) in [6.07, 6.45) is 0.374. The van der Waals surface area contributed by atoms with Crippen LogP contribution in [0.2, 0.25) is 0 Å². The van der Waals surface area contributed by atoms with Crippen LogP contribution in [0, 0.1) is 5.92 Å². The Morgan fingerprint density at radius 2 is 2.24 bits per heavy atom. The average molecular weight is 258 g/mol. The van der Waals surface area contributed by atoms with E-state index in [1.165, 1.54) is 5.51 Å². The van der Waals surface area contributed by atoms with Crippen LogP contribution in [-0.4, -0.2) is 33.3 Å². The molecule has 0 aliphatic heterocycles. The Balaban J connectivity index is 2.49. The minimum atomic E-state index is -1.05. The van der Waals surface area contributed by atoms with Gasteiger partial charge in [0.25, 0.3) is 0 Å². The number of hydrogen-bond donors (Lipinski definition) is 3. The van der Waals surface area contributed by atoms with Crippen molar-refractivity contribution in [2.75, 3.05) is 5.32 Å². The number of urea groups is 1. The van der Waals surface area contributed by atoms with Crippen molar-refractivity contribution in [1.82, 2.24) is 15.5 Å². The summed E-state index contributed by atoms with van der Waals surface area (Å²) in [5.41, 5.74) is 1.47. The molecule has 1 aromatic heterocycles. The van der Waals surface area contributed by atoms with Gasteiger partial charge >= 0.3 is 12.0 Å². The number of carbonyl (C=O) groups is 2. The highest BCUT2D eigenvalue weighted by Crippen LogP contribution is 2.08. The summed E-state index contributed by atoms with van der Waals surface area (Å²) in [6.45, 7) is 3.78. The molecule has 0 saturated heterocycles. The van der Waals surface area contributed by atoms with Crippen molar-refractivity contribution in [3.63, 3.8) is 0 Å². The van der Waals surface area contributed by atoms with Gasteiger partial charge in [-0.3, -0.25) is 5.32 Å². The zero-order valence-corrected chi connectivity index (χ0v) is 10.3. The second-order valence-electron chi connectivity index (χ2n) is 3.86. The van der Waals surface area contributed by atoms with E-state index in [2.05, 4.69) is 20.8 Å². The highest BCUT2D eigenvalue weighted by Gasteiger charge is 2.21. The number of anilines is 1. The minimum absolute atomic E-state index is 0.179. The smallest absolute Gasteiger partial charge is 0.326 e. The molecule has 17 heavy (non-hydrogen) atoms. The molecule has 2 amide bonds. The lowest BCUT2D eigenvalue weighted by molar-refractivity contribution is -0.139. The van der Waals surface area contributed by atoms with Gasteiger partial charge in [-0.1, -0.05) is 25.2 Å². The zero-order chi connectivity index (χ0) is 12.8. The number of aromatic nitrogens is 2. The number of hydrogen-bond acceptors (Lipinski definition) is 5. The number of carboxylic acid groups (broad SMARTS) is 1. The summed E-state index contributed by atoms with van der Waals surface area (Å²) in [7, 11) is 0. The van der Waals surface area contributed by atoms with Gasteiger partial charge in [0.15, 0.2) is 0 Å². The monoisotopic (exact) mass is 258 g/mol. The summed E-state index contributed by atoms with van der Waals surface area (Å²) in [6, 6.07) is -1.49. The Hall–Kier alpha value is -1.70. The standard InChI is InChI=1S/C9H14N4O3S/c1-5(2)3-6(7(14)15)11-8(16)12-9-13-10-4-17-9/h4-6H,3H2,1-2H3,(H,14,15)(H2,11,12,13,16)/t6-/m1/s1. The van der Waals surface area contributed by atoms with E-state index in [1.807, 2.05) is 13.8 Å². The largest absolute Gasteiger partial charge is 0.480 e. The first-order valence-electron chi connectivity index (χ1n) is 5.05. The van der Waals surface area contributed by atoms with Crippen LogP contribution in [0.4, 0.5) is 9.93 Å². The van der Waals surface area contributed by atoms with Crippen molar-refractivity contribution in [1.29, 1.82) is 0 Å². The number of rotatable bonds is 5. The van der Waals surface area contributed by atoms with E-state index in [9.17, 15) is 9.59 Å². The van der Waals surface area contributed by atoms with Crippen LogP contribution in [0.25, 0.3) is 0 Å². The zero-order valence-electron chi connectivity index (χ0n) is 9.51. The Bertz CT molecular complexity index is 380. The van der Waals surface area contributed by atoms with Gasteiger partial charge in [-0.25, -0.2) is 9.59 Å². The maximum Gasteiger partial charge on any atom is 0.326 e. The molecule has 0 unspecified atom stereocenters. The minimum Gasteiger partial charge on any atom is -0.480 e. The molecular formula is C9H14N4O3S. The normalized spacial score (nSPS) is 12.2. The predicted molar refractivity (Wildman–Crippen MR) is 62.9 cm³/mol. The highest BCUT2D eigenvalue weighted by molar-refractivity contribution is 7.13. The topological polar surface area (TPSA) is 104 Å². The lowest BCUT2D eigenvalue weighted by Crippen LogP contribution is -2.43. The van der Waals surface area contributed by atoms with Crippen LogP contribution >= 0.6 is 11.3 Å². The van der Waals surface area contributed by atoms with Gasteiger partial charge in [0.05, 0.1) is 0 Å². The molecule has 0 fully saturated rings. The summed E-state index contributed by atoms with van der Waals surface area (Å²) < 4.78 is 0. The third kappa shape index (κ3) is 4.77. The van der Waals surface area contributed by atoms with Crippen molar-refractivity contribution in [2.45, 2.75) is 26.3 Å². The van der Waals surface area contributed by atoms with Crippen LogP contribution in [0.1, 0.15) is 20.3 Å². The maximum absolute atomic E-state index is 11.5. The lowest BCUT2D eigenvalue weighted by atomic mass is 10.0. The Morgan fingerprint density at radius 1 is 1.53 bits per heavy atom. The molecular weight excluding hydrogens is 244 g/mol. The molecule has 0 bridgehead atoms. The number of carbonyl (C=O) groups excluding carboxylic acids is 1. The van der Waals surface area contributed by atoms with E-state index < -0.39 is 18.0 Å². The van der Waals surface area contributed by atoms with Gasteiger partial charge < -0.3 is 10.4 Å². The van der Waals surface area contributed by atoms with E-state index in [4.69, 9.17) is 5.11 Å². The molecule has 1 rings (SSSR count). The summed E-state index contributed by atoms with van der Waals surface area (Å²) in [5, 5.41) is 21.2. The number of carboxylic acids is 1. The van der Waals surface area contributed by atoms with E-state index in [0.717, 1.165) is 11.3 Å². The molecule has 0 radical (unpaired) electrons. The van der Waals surface area contributed by atoms with Crippen molar-refractivity contribution >= 4 is 28.5 Å². The second kappa shape index (κ2) is 6.14. The van der Waals surface area contributed by atoms with Crippen molar-refractivity contribution in [3.8, 4) is 0 Å². The van der Waals surface area contributed by atoms with Crippen LogP contribution in [-0.2, 0) is 4.79 Å². The van der Waals surface area contributed by atoms with Gasteiger partial charge in [0.1, 0.15) is 11.6 Å². The van der Waals surface area contributed by atoms with Crippen molar-refractivity contribution in [3.05, 3.63) is 5.51 Å². The van der Waals surface area contributed by atoms with Crippen LogP contribution in [0.3, 0.4) is 0 Å². The number of nitrogens with zero attached hydrogens (tertiary/aromatic N) is 2. The third-order valence-electron chi connectivity index (χ3n) is 1.89. The first kappa shape index (κ1) is 13.4. The molecule has 1 heterocycles. The van der Waals surface area contributed by atoms with Crippen LogP contribution in [0.5, 0.6) is 0 Å². The third-order valence-corrected chi connectivity index (χ3v) is 2.50. The van der Waals surface area contributed by atoms with Crippen LogP contribution in [0.15, 0.2) is 5.51 Å². The van der Waals surface area contributed by atoms with Crippen molar-refractivity contribution in [2.24, 2.45) is 5.92 Å². The first-order chi connectivity index (χ1) is 7.99. The Kier molecular flexibility index (Phi) is 4.83. The fraction of sp³-hybridized carbons (Fsp3) is 0.556. The summed E-state index contributed by atoms with van der Waals surface area (Å²) >= 11 is 1.16. The molecule has 7 nitrogen and oxygen atoms in total. The second-order valence-corrected chi connectivity index (χ2v) is 4.70. The average Bonchev–Trinajstić information content (AvgIpc) is 2.68. The van der Waals surface area contributed by atoms with E-state index >= 15 is 0 Å². The van der Waals surface area contributed by atoms with Gasteiger partial charge in [-0.15, -0.1) is 10.2 Å². The quantitative estimate of drug-likeness (QED) is 0.735. The SMILES string of the molecule is CC(C)C[C@@H](NC(=O)Nc1nncs1)C(=O)O. The molecule has 94 valence electrons. The van der Waals surface area contributed by atoms with E-state index in [1.54, 1.807) is 0 Å². The fourth-order valence-corrected chi connectivity index (χ4v) is 1.65. The molecule has 0 spiro atoms. The summed E-state index contributed by atoms with van der Waals surface area (Å²) in [4.78, 5) is 22.4. The highest BCUT2D eigenvalue weighted by atomic mass is 32.1. The molecule has 1 aromatic rings. The molecule has 8 heteroatoms. The maximum atomic E-state index is 11.5.